The van der Waals surface area contributed by atoms with E-state index >= 15 is 0 Å². The van der Waals surface area contributed by atoms with Crippen LogP contribution in [0.15, 0.2) is 53.5 Å². The molecular weight excluding hydrogens is 485 g/mol. The highest BCUT2D eigenvalue weighted by molar-refractivity contribution is 14.0. The molecule has 0 bridgehead atoms. The molecule has 0 atom stereocenters. The van der Waals surface area contributed by atoms with Crippen molar-refractivity contribution in [1.82, 2.24) is 10.2 Å². The summed E-state index contributed by atoms with van der Waals surface area (Å²) in [6, 6.07) is 12.7. The van der Waals surface area contributed by atoms with Gasteiger partial charge in [-0.1, -0.05) is 24.3 Å². The molecule has 10 heteroatoms. The molecule has 2 aromatic rings. The van der Waals surface area contributed by atoms with E-state index in [0.717, 1.165) is 11.1 Å². The Morgan fingerprint density at radius 1 is 1.18 bits per heavy atom. The van der Waals surface area contributed by atoms with E-state index in [4.69, 9.17) is 0 Å². The zero-order valence-corrected chi connectivity index (χ0v) is 17.7. The van der Waals surface area contributed by atoms with Crippen LogP contribution in [0.4, 0.5) is 14.5 Å². The third-order valence-corrected chi connectivity index (χ3v) is 3.74. The van der Waals surface area contributed by atoms with Crippen molar-refractivity contribution in [3.05, 3.63) is 69.8 Å². The van der Waals surface area contributed by atoms with Gasteiger partial charge in [0.15, 0.2) is 5.96 Å². The van der Waals surface area contributed by atoms with Crippen molar-refractivity contribution >= 4 is 35.6 Å². The van der Waals surface area contributed by atoms with Gasteiger partial charge in [0, 0.05) is 39.3 Å². The van der Waals surface area contributed by atoms with Gasteiger partial charge in [0.1, 0.15) is 5.75 Å². The quantitative estimate of drug-likeness (QED) is 0.202. The number of non-ortho nitro benzene ring substituents is 1. The zero-order chi connectivity index (χ0) is 19.8. The monoisotopic (exact) mass is 506 g/mol. The number of halogens is 3. The summed E-state index contributed by atoms with van der Waals surface area (Å²) < 4.78 is 28.7. The number of hydrogen-bond donors (Lipinski definition) is 1. The van der Waals surface area contributed by atoms with Gasteiger partial charge in [-0.05, 0) is 23.3 Å². The van der Waals surface area contributed by atoms with E-state index in [2.05, 4.69) is 15.0 Å². The fraction of sp³-hybridized carbons (Fsp3) is 0.278. The highest BCUT2D eigenvalue weighted by Gasteiger charge is 2.09. The van der Waals surface area contributed by atoms with Crippen LogP contribution in [0, 0.1) is 10.1 Å². The molecule has 0 saturated carbocycles. The zero-order valence-electron chi connectivity index (χ0n) is 15.3. The second-order valence-corrected chi connectivity index (χ2v) is 5.70. The third-order valence-electron chi connectivity index (χ3n) is 3.74. The van der Waals surface area contributed by atoms with Crippen LogP contribution >= 0.6 is 24.0 Å². The second-order valence-electron chi connectivity index (χ2n) is 5.70. The summed E-state index contributed by atoms with van der Waals surface area (Å²) in [5.74, 6) is 0.735. The highest BCUT2D eigenvalue weighted by Crippen LogP contribution is 2.16. The average molecular weight is 506 g/mol. The minimum Gasteiger partial charge on any atom is -0.435 e. The first-order valence-corrected chi connectivity index (χ1v) is 8.08. The van der Waals surface area contributed by atoms with Crippen molar-refractivity contribution in [2.45, 2.75) is 19.7 Å². The van der Waals surface area contributed by atoms with Crippen LogP contribution in [0.2, 0.25) is 0 Å². The van der Waals surface area contributed by atoms with Crippen LogP contribution in [0.1, 0.15) is 11.1 Å². The molecule has 0 aliphatic heterocycles. The highest BCUT2D eigenvalue weighted by atomic mass is 127. The molecule has 0 radical (unpaired) electrons. The Morgan fingerprint density at radius 2 is 1.75 bits per heavy atom. The predicted octanol–water partition coefficient (Wildman–Crippen LogP) is 4.02. The van der Waals surface area contributed by atoms with E-state index in [1.54, 1.807) is 31.3 Å². The molecule has 0 aromatic heterocycles. The normalized spacial score (nSPS) is 11.0. The number of nitrogens with one attached hydrogen (secondary N) is 1. The fourth-order valence-electron chi connectivity index (χ4n) is 2.43. The van der Waals surface area contributed by atoms with E-state index in [-0.39, 0.29) is 35.4 Å². The van der Waals surface area contributed by atoms with Crippen molar-refractivity contribution in [2.75, 3.05) is 14.1 Å². The van der Waals surface area contributed by atoms with E-state index in [1.165, 1.54) is 24.3 Å². The molecule has 7 nitrogen and oxygen atoms in total. The summed E-state index contributed by atoms with van der Waals surface area (Å²) in [7, 11) is 3.49. The van der Waals surface area contributed by atoms with Crippen LogP contribution in [0.5, 0.6) is 5.75 Å². The maximum absolute atomic E-state index is 12.2. The molecule has 28 heavy (non-hydrogen) atoms. The topological polar surface area (TPSA) is 80.0 Å². The Morgan fingerprint density at radius 3 is 2.25 bits per heavy atom. The largest absolute Gasteiger partial charge is 0.435 e. The van der Waals surface area contributed by atoms with Crippen molar-refractivity contribution in [1.29, 1.82) is 0 Å². The number of guanidine groups is 1. The number of nitro groups is 1. The van der Waals surface area contributed by atoms with Crippen LogP contribution in [-0.4, -0.2) is 36.5 Å². The summed E-state index contributed by atoms with van der Waals surface area (Å²) in [5.41, 5.74) is 1.82. The molecule has 152 valence electrons. The minimum atomic E-state index is -2.85. The summed E-state index contributed by atoms with van der Waals surface area (Å²) in [6.45, 7) is -1.88. The predicted molar refractivity (Wildman–Crippen MR) is 113 cm³/mol. The fourth-order valence-corrected chi connectivity index (χ4v) is 2.43. The van der Waals surface area contributed by atoms with E-state index in [1.807, 2.05) is 11.9 Å². The van der Waals surface area contributed by atoms with Gasteiger partial charge in [0.25, 0.3) is 5.69 Å². The number of benzene rings is 2. The molecule has 0 fully saturated rings. The van der Waals surface area contributed by atoms with Crippen LogP contribution in [-0.2, 0) is 13.1 Å². The van der Waals surface area contributed by atoms with Gasteiger partial charge in [0.2, 0.25) is 0 Å². The molecule has 1 N–H and O–H groups in total. The number of rotatable bonds is 7. The van der Waals surface area contributed by atoms with Gasteiger partial charge in [-0.25, -0.2) is 0 Å². The number of nitrogens with zero attached hydrogens (tertiary/aromatic N) is 3. The lowest BCUT2D eigenvalue weighted by molar-refractivity contribution is -0.384. The third kappa shape index (κ3) is 7.25. The lowest BCUT2D eigenvalue weighted by atomic mass is 10.2. The number of hydrogen-bond acceptors (Lipinski definition) is 4. The van der Waals surface area contributed by atoms with E-state index in [0.29, 0.717) is 19.0 Å². The SMILES string of the molecule is CN=C(NCc1ccc([N+](=O)[O-])cc1)N(C)Cc1ccc(OC(F)F)cc1.I. The summed E-state index contributed by atoms with van der Waals surface area (Å²) >= 11 is 0. The Bertz CT molecular complexity index is 786. The van der Waals surface area contributed by atoms with Gasteiger partial charge < -0.3 is 15.0 Å². The van der Waals surface area contributed by atoms with Crippen molar-refractivity contribution in [2.24, 2.45) is 4.99 Å². The smallest absolute Gasteiger partial charge is 0.387 e. The average Bonchev–Trinajstić information content (AvgIpc) is 2.64. The summed E-state index contributed by atoms with van der Waals surface area (Å²) in [6.07, 6.45) is 0. The minimum absolute atomic E-state index is 0. The Balaban J connectivity index is 0.00000392. The lowest BCUT2D eigenvalue weighted by Gasteiger charge is -2.22. The number of alkyl halides is 2. The first-order valence-electron chi connectivity index (χ1n) is 8.08. The lowest BCUT2D eigenvalue weighted by Crippen LogP contribution is -2.38. The Hall–Kier alpha value is -2.50. The summed E-state index contributed by atoms with van der Waals surface area (Å²) in [5, 5.41) is 13.9. The first-order chi connectivity index (χ1) is 12.9. The van der Waals surface area contributed by atoms with Gasteiger partial charge in [0.05, 0.1) is 4.92 Å². The maximum atomic E-state index is 12.2. The van der Waals surface area contributed by atoms with Gasteiger partial charge >= 0.3 is 6.61 Å². The Kier molecular flexibility index (Phi) is 9.56. The van der Waals surface area contributed by atoms with Crippen LogP contribution in [0.3, 0.4) is 0 Å². The number of ether oxygens (including phenoxy) is 1. The molecule has 2 aromatic carbocycles. The Labute approximate surface area is 178 Å². The molecule has 0 aliphatic carbocycles. The molecule has 0 unspecified atom stereocenters. The molecule has 2 rings (SSSR count). The molecule has 0 amide bonds. The van der Waals surface area contributed by atoms with E-state index in [9.17, 15) is 18.9 Å². The standard InChI is InChI=1S/C18H20F2N4O3.HI/c1-21-18(22-11-13-3-7-15(8-4-13)24(25)26)23(2)12-14-5-9-16(10-6-14)27-17(19)20;/h3-10,17H,11-12H2,1-2H3,(H,21,22);1H. The maximum Gasteiger partial charge on any atom is 0.387 e. The van der Waals surface area contributed by atoms with Crippen LogP contribution in [0.25, 0.3) is 0 Å². The number of aliphatic imine (C=N–C) groups is 1. The molecule has 0 aliphatic rings. The summed E-state index contributed by atoms with van der Waals surface area (Å²) in [4.78, 5) is 16.3. The van der Waals surface area contributed by atoms with Crippen molar-refractivity contribution < 1.29 is 18.4 Å². The van der Waals surface area contributed by atoms with Gasteiger partial charge in [-0.2, -0.15) is 8.78 Å². The number of nitro benzene ring substituents is 1. The van der Waals surface area contributed by atoms with Crippen LogP contribution < -0.4 is 10.1 Å². The second kappa shape index (κ2) is 11.4. The van der Waals surface area contributed by atoms with Crippen molar-refractivity contribution in [3.63, 3.8) is 0 Å². The molecule has 0 heterocycles. The van der Waals surface area contributed by atoms with Gasteiger partial charge in [-0.3, -0.25) is 15.1 Å². The van der Waals surface area contributed by atoms with Crippen molar-refractivity contribution in [3.8, 4) is 5.75 Å². The molecular formula is C18H21F2IN4O3. The van der Waals surface area contributed by atoms with Gasteiger partial charge in [-0.15, -0.1) is 24.0 Å². The van der Waals surface area contributed by atoms with E-state index < -0.39 is 11.5 Å². The molecule has 0 saturated heterocycles. The molecule has 0 spiro atoms. The first kappa shape index (κ1) is 23.5.